The SMILES string of the molecule is Cc1cn2c(n1)CCC(NC(=O)CCc1cn(C)nc1C)C2. The minimum absolute atomic E-state index is 0.119. The van der Waals surface area contributed by atoms with Gasteiger partial charge in [-0.15, -0.1) is 0 Å². The van der Waals surface area contributed by atoms with Crippen LogP contribution in [0.3, 0.4) is 0 Å². The second-order valence-corrected chi connectivity index (χ2v) is 6.17. The highest BCUT2D eigenvalue weighted by molar-refractivity contribution is 5.76. The van der Waals surface area contributed by atoms with Gasteiger partial charge in [0.25, 0.3) is 0 Å². The number of nitrogens with one attached hydrogen (secondary N) is 1. The molecule has 22 heavy (non-hydrogen) atoms. The Bertz CT molecular complexity index is 685. The third-order valence-corrected chi connectivity index (χ3v) is 4.21. The number of carbonyl (C=O) groups excluding carboxylic acids is 1. The fourth-order valence-electron chi connectivity index (χ4n) is 3.15. The van der Waals surface area contributed by atoms with Crippen LogP contribution in [0.5, 0.6) is 0 Å². The molecular formula is C16H23N5O. The van der Waals surface area contributed by atoms with Crippen molar-refractivity contribution in [2.75, 3.05) is 0 Å². The van der Waals surface area contributed by atoms with Crippen molar-refractivity contribution in [1.82, 2.24) is 24.6 Å². The van der Waals surface area contributed by atoms with E-state index < -0.39 is 0 Å². The Kier molecular flexibility index (Phi) is 4.00. The quantitative estimate of drug-likeness (QED) is 0.925. The predicted molar refractivity (Wildman–Crippen MR) is 83.5 cm³/mol. The largest absolute Gasteiger partial charge is 0.352 e. The molecule has 2 aromatic rings. The maximum atomic E-state index is 12.2. The van der Waals surface area contributed by atoms with Gasteiger partial charge in [-0.05, 0) is 32.3 Å². The van der Waals surface area contributed by atoms with Gasteiger partial charge < -0.3 is 9.88 Å². The highest BCUT2D eigenvalue weighted by Crippen LogP contribution is 2.15. The van der Waals surface area contributed by atoms with Crippen LogP contribution in [0.2, 0.25) is 0 Å². The summed E-state index contributed by atoms with van der Waals surface area (Å²) in [5.74, 6) is 1.25. The molecular weight excluding hydrogens is 278 g/mol. The van der Waals surface area contributed by atoms with E-state index in [9.17, 15) is 4.79 Å². The summed E-state index contributed by atoms with van der Waals surface area (Å²) in [5, 5.41) is 7.46. The van der Waals surface area contributed by atoms with Crippen molar-refractivity contribution in [2.24, 2.45) is 7.05 Å². The first kappa shape index (κ1) is 14.8. The number of aromatic nitrogens is 4. The van der Waals surface area contributed by atoms with Crippen LogP contribution in [0.4, 0.5) is 0 Å². The average Bonchev–Trinajstić information content (AvgIpc) is 2.97. The third-order valence-electron chi connectivity index (χ3n) is 4.21. The molecule has 1 aliphatic heterocycles. The Morgan fingerprint density at radius 1 is 1.41 bits per heavy atom. The van der Waals surface area contributed by atoms with E-state index in [-0.39, 0.29) is 11.9 Å². The van der Waals surface area contributed by atoms with Crippen molar-refractivity contribution < 1.29 is 4.79 Å². The molecule has 1 unspecified atom stereocenters. The van der Waals surface area contributed by atoms with Gasteiger partial charge in [0, 0.05) is 44.9 Å². The van der Waals surface area contributed by atoms with Crippen LogP contribution in [0.1, 0.15) is 35.6 Å². The molecule has 0 spiro atoms. The fraction of sp³-hybridized carbons (Fsp3) is 0.562. The van der Waals surface area contributed by atoms with Crippen LogP contribution in [-0.2, 0) is 31.2 Å². The zero-order valence-electron chi connectivity index (χ0n) is 13.5. The molecule has 2 aromatic heterocycles. The number of nitrogens with zero attached hydrogens (tertiary/aromatic N) is 4. The normalized spacial score (nSPS) is 17.3. The standard InChI is InChI=1S/C16H23N5O/c1-11-8-21-10-14(5-6-15(21)17-11)18-16(22)7-4-13-9-20(3)19-12(13)2/h8-9,14H,4-7,10H2,1-3H3,(H,18,22). The molecule has 0 aliphatic carbocycles. The van der Waals surface area contributed by atoms with E-state index in [0.717, 1.165) is 48.6 Å². The summed E-state index contributed by atoms with van der Waals surface area (Å²) in [5.41, 5.74) is 3.20. The molecule has 0 radical (unpaired) electrons. The second kappa shape index (κ2) is 5.94. The van der Waals surface area contributed by atoms with E-state index in [0.29, 0.717) is 6.42 Å². The van der Waals surface area contributed by atoms with E-state index in [2.05, 4.69) is 26.2 Å². The molecule has 1 atom stereocenters. The molecule has 1 aliphatic rings. The molecule has 0 fully saturated rings. The fourth-order valence-corrected chi connectivity index (χ4v) is 3.15. The molecule has 0 bridgehead atoms. The number of aryl methyl sites for hydroxylation is 5. The molecule has 3 heterocycles. The number of fused-ring (bicyclic) bond motifs is 1. The van der Waals surface area contributed by atoms with E-state index in [1.807, 2.05) is 27.1 Å². The van der Waals surface area contributed by atoms with Crippen molar-refractivity contribution >= 4 is 5.91 Å². The molecule has 118 valence electrons. The summed E-state index contributed by atoms with van der Waals surface area (Å²) in [6.45, 7) is 4.82. The zero-order valence-corrected chi connectivity index (χ0v) is 13.5. The van der Waals surface area contributed by atoms with Crippen molar-refractivity contribution in [2.45, 2.75) is 52.1 Å². The summed E-state index contributed by atoms with van der Waals surface area (Å²) >= 11 is 0. The van der Waals surface area contributed by atoms with Gasteiger partial charge in [0.15, 0.2) is 0 Å². The van der Waals surface area contributed by atoms with Crippen LogP contribution in [-0.4, -0.2) is 31.3 Å². The Hall–Kier alpha value is -2.11. The van der Waals surface area contributed by atoms with E-state index in [1.165, 1.54) is 0 Å². The van der Waals surface area contributed by atoms with Crippen molar-refractivity contribution in [3.05, 3.63) is 35.2 Å². The van der Waals surface area contributed by atoms with Gasteiger partial charge in [0.2, 0.25) is 5.91 Å². The topological polar surface area (TPSA) is 64.7 Å². The Morgan fingerprint density at radius 3 is 2.95 bits per heavy atom. The Balaban J connectivity index is 1.51. The van der Waals surface area contributed by atoms with Crippen LogP contribution in [0.25, 0.3) is 0 Å². The minimum atomic E-state index is 0.119. The van der Waals surface area contributed by atoms with Gasteiger partial charge in [-0.25, -0.2) is 4.98 Å². The molecule has 0 aromatic carbocycles. The van der Waals surface area contributed by atoms with Gasteiger partial charge in [-0.3, -0.25) is 9.48 Å². The molecule has 1 N–H and O–H groups in total. The average molecular weight is 301 g/mol. The minimum Gasteiger partial charge on any atom is -0.352 e. The lowest BCUT2D eigenvalue weighted by Gasteiger charge is -2.24. The first-order chi connectivity index (χ1) is 10.5. The summed E-state index contributed by atoms with van der Waals surface area (Å²) in [6, 6.07) is 0.212. The molecule has 6 heteroatoms. The van der Waals surface area contributed by atoms with Gasteiger partial charge in [-0.1, -0.05) is 0 Å². The molecule has 6 nitrogen and oxygen atoms in total. The molecule has 3 rings (SSSR count). The highest BCUT2D eigenvalue weighted by atomic mass is 16.1. The lowest BCUT2D eigenvalue weighted by molar-refractivity contribution is -0.122. The molecule has 0 saturated carbocycles. The van der Waals surface area contributed by atoms with Crippen LogP contribution in [0, 0.1) is 13.8 Å². The summed E-state index contributed by atoms with van der Waals surface area (Å²) in [6.07, 6.45) is 7.21. The van der Waals surface area contributed by atoms with E-state index in [4.69, 9.17) is 0 Å². The monoisotopic (exact) mass is 301 g/mol. The van der Waals surface area contributed by atoms with Gasteiger partial charge >= 0.3 is 0 Å². The number of hydrogen-bond donors (Lipinski definition) is 1. The van der Waals surface area contributed by atoms with Crippen molar-refractivity contribution in [3.63, 3.8) is 0 Å². The number of amides is 1. The van der Waals surface area contributed by atoms with Gasteiger partial charge in [0.05, 0.1) is 11.4 Å². The van der Waals surface area contributed by atoms with E-state index >= 15 is 0 Å². The maximum Gasteiger partial charge on any atom is 0.220 e. The predicted octanol–water partition coefficient (Wildman–Crippen LogP) is 1.30. The number of rotatable bonds is 4. The highest BCUT2D eigenvalue weighted by Gasteiger charge is 2.21. The first-order valence-corrected chi connectivity index (χ1v) is 7.82. The van der Waals surface area contributed by atoms with Crippen molar-refractivity contribution in [3.8, 4) is 0 Å². The maximum absolute atomic E-state index is 12.2. The van der Waals surface area contributed by atoms with Crippen LogP contribution in [0.15, 0.2) is 12.4 Å². The smallest absolute Gasteiger partial charge is 0.220 e. The Morgan fingerprint density at radius 2 is 2.23 bits per heavy atom. The summed E-state index contributed by atoms with van der Waals surface area (Å²) in [4.78, 5) is 16.7. The second-order valence-electron chi connectivity index (χ2n) is 6.17. The van der Waals surface area contributed by atoms with Gasteiger partial charge in [0.1, 0.15) is 5.82 Å². The zero-order chi connectivity index (χ0) is 15.7. The lowest BCUT2D eigenvalue weighted by Crippen LogP contribution is -2.40. The summed E-state index contributed by atoms with van der Waals surface area (Å²) in [7, 11) is 1.91. The van der Waals surface area contributed by atoms with Gasteiger partial charge in [-0.2, -0.15) is 5.10 Å². The third kappa shape index (κ3) is 3.21. The van der Waals surface area contributed by atoms with Crippen LogP contribution < -0.4 is 5.32 Å². The van der Waals surface area contributed by atoms with E-state index in [1.54, 1.807) is 4.68 Å². The van der Waals surface area contributed by atoms with Crippen molar-refractivity contribution in [1.29, 1.82) is 0 Å². The molecule has 1 amide bonds. The Labute approximate surface area is 130 Å². The number of carbonyl (C=O) groups is 1. The molecule has 0 saturated heterocycles. The number of imidazole rings is 1. The summed E-state index contributed by atoms with van der Waals surface area (Å²) < 4.78 is 3.96. The van der Waals surface area contributed by atoms with Crippen LogP contribution >= 0.6 is 0 Å². The lowest BCUT2D eigenvalue weighted by atomic mass is 10.1. The number of hydrogen-bond acceptors (Lipinski definition) is 3. The first-order valence-electron chi connectivity index (χ1n) is 7.82.